The Kier molecular flexibility index (Phi) is 5.71. The second-order valence-electron chi connectivity index (χ2n) is 4.68. The quantitative estimate of drug-likeness (QED) is 0.802. The van der Waals surface area contributed by atoms with Crippen molar-refractivity contribution in [2.24, 2.45) is 0 Å². The van der Waals surface area contributed by atoms with Crippen molar-refractivity contribution in [1.82, 2.24) is 9.80 Å². The smallest absolute Gasteiger partial charge is 0.323 e. The third kappa shape index (κ3) is 4.75. The zero-order valence-electron chi connectivity index (χ0n) is 11.6. The maximum Gasteiger partial charge on any atom is 0.323 e. The van der Waals surface area contributed by atoms with Gasteiger partial charge in [0.1, 0.15) is 6.54 Å². The third-order valence-electron chi connectivity index (χ3n) is 2.66. The van der Waals surface area contributed by atoms with E-state index in [0.717, 1.165) is 4.90 Å². The third-order valence-corrected chi connectivity index (χ3v) is 2.66. The molecule has 0 radical (unpaired) electrons. The summed E-state index contributed by atoms with van der Waals surface area (Å²) in [6.07, 6.45) is 0. The molecule has 0 aliphatic carbocycles. The second-order valence-corrected chi connectivity index (χ2v) is 4.68. The van der Waals surface area contributed by atoms with E-state index in [0.29, 0.717) is 18.7 Å². The van der Waals surface area contributed by atoms with Crippen LogP contribution in [0.25, 0.3) is 0 Å². The molecule has 0 saturated carbocycles. The van der Waals surface area contributed by atoms with Crippen LogP contribution in [0.3, 0.4) is 0 Å². The van der Waals surface area contributed by atoms with Crippen LogP contribution in [0.15, 0.2) is 12.1 Å². The molecule has 0 atom stereocenters. The fourth-order valence-electron chi connectivity index (χ4n) is 1.60. The van der Waals surface area contributed by atoms with E-state index in [2.05, 4.69) is 0 Å². The van der Waals surface area contributed by atoms with Gasteiger partial charge in [0, 0.05) is 18.7 Å². The number of carboxylic acids is 1. The van der Waals surface area contributed by atoms with E-state index in [9.17, 15) is 22.8 Å². The molecule has 21 heavy (non-hydrogen) atoms. The van der Waals surface area contributed by atoms with Gasteiger partial charge in [0.25, 0.3) is 5.91 Å². The van der Waals surface area contributed by atoms with E-state index in [-0.39, 0.29) is 6.54 Å². The predicted octanol–water partition coefficient (Wildman–Crippen LogP) is 1.19. The maximum absolute atomic E-state index is 13.1. The van der Waals surface area contributed by atoms with E-state index < -0.39 is 41.4 Å². The van der Waals surface area contributed by atoms with Crippen LogP contribution in [-0.4, -0.2) is 60.5 Å². The zero-order valence-corrected chi connectivity index (χ0v) is 11.6. The number of carbonyl (C=O) groups is 2. The van der Waals surface area contributed by atoms with Crippen LogP contribution in [0.2, 0.25) is 0 Å². The molecular formula is C13H15F3N2O3. The topological polar surface area (TPSA) is 60.9 Å². The van der Waals surface area contributed by atoms with E-state index in [4.69, 9.17) is 5.11 Å². The minimum Gasteiger partial charge on any atom is -0.480 e. The number of nitrogens with zero attached hydrogens (tertiary/aromatic N) is 2. The van der Waals surface area contributed by atoms with E-state index in [1.165, 1.54) is 0 Å². The van der Waals surface area contributed by atoms with Gasteiger partial charge in [-0.15, -0.1) is 0 Å². The number of halogens is 3. The molecule has 5 nitrogen and oxygen atoms in total. The normalized spacial score (nSPS) is 10.8. The van der Waals surface area contributed by atoms with Crippen molar-refractivity contribution < 1.29 is 27.9 Å². The lowest BCUT2D eigenvalue weighted by Gasteiger charge is -2.22. The first-order valence-corrected chi connectivity index (χ1v) is 6.02. The first kappa shape index (κ1) is 17.0. The standard InChI is InChI=1S/C13H15F3N2O3/c1-17(2)3-4-18(7-11(19)20)13(21)8-5-9(14)12(16)10(15)6-8/h5-6H,3-4,7H2,1-2H3,(H,19,20). The molecule has 0 aliphatic heterocycles. The fourth-order valence-corrected chi connectivity index (χ4v) is 1.60. The Balaban J connectivity index is 3.01. The van der Waals surface area contributed by atoms with Crippen molar-refractivity contribution >= 4 is 11.9 Å². The number of hydrogen-bond donors (Lipinski definition) is 1. The molecule has 0 saturated heterocycles. The van der Waals surface area contributed by atoms with Gasteiger partial charge in [0.05, 0.1) is 0 Å². The molecule has 0 fully saturated rings. The lowest BCUT2D eigenvalue weighted by atomic mass is 10.1. The molecule has 0 aliphatic rings. The van der Waals surface area contributed by atoms with Crippen LogP contribution in [0.4, 0.5) is 13.2 Å². The van der Waals surface area contributed by atoms with Gasteiger partial charge in [-0.1, -0.05) is 0 Å². The van der Waals surface area contributed by atoms with Crippen molar-refractivity contribution in [1.29, 1.82) is 0 Å². The number of rotatable bonds is 6. The van der Waals surface area contributed by atoms with E-state index >= 15 is 0 Å². The number of carbonyl (C=O) groups excluding carboxylic acids is 1. The average Bonchev–Trinajstić information content (AvgIpc) is 2.38. The number of carboxylic acid groups (broad SMARTS) is 1. The minimum atomic E-state index is -1.68. The Hall–Kier alpha value is -2.09. The zero-order chi connectivity index (χ0) is 16.2. The number of amides is 1. The Morgan fingerprint density at radius 1 is 1.10 bits per heavy atom. The van der Waals surface area contributed by atoms with E-state index in [1.807, 2.05) is 0 Å². The highest BCUT2D eigenvalue weighted by atomic mass is 19.2. The average molecular weight is 304 g/mol. The first-order chi connectivity index (χ1) is 9.72. The Morgan fingerprint density at radius 3 is 2.05 bits per heavy atom. The van der Waals surface area contributed by atoms with Crippen LogP contribution in [0.1, 0.15) is 10.4 Å². The highest BCUT2D eigenvalue weighted by molar-refractivity contribution is 5.95. The molecule has 1 N–H and O–H groups in total. The number of aliphatic carboxylic acids is 1. The molecule has 1 rings (SSSR count). The van der Waals surface area contributed by atoms with Crippen molar-refractivity contribution in [3.63, 3.8) is 0 Å². The van der Waals surface area contributed by atoms with Crippen LogP contribution < -0.4 is 0 Å². The molecule has 1 amide bonds. The van der Waals surface area contributed by atoms with Crippen LogP contribution >= 0.6 is 0 Å². The van der Waals surface area contributed by atoms with Gasteiger partial charge in [-0.3, -0.25) is 9.59 Å². The van der Waals surface area contributed by atoms with Gasteiger partial charge in [-0.05, 0) is 26.2 Å². The molecule has 0 unspecified atom stereocenters. The van der Waals surface area contributed by atoms with Crippen LogP contribution in [-0.2, 0) is 4.79 Å². The van der Waals surface area contributed by atoms with Crippen molar-refractivity contribution in [2.45, 2.75) is 0 Å². The molecule has 1 aromatic rings. The number of hydrogen-bond acceptors (Lipinski definition) is 3. The monoisotopic (exact) mass is 304 g/mol. The lowest BCUT2D eigenvalue weighted by Crippen LogP contribution is -2.40. The largest absolute Gasteiger partial charge is 0.480 e. The van der Waals surface area contributed by atoms with Gasteiger partial charge < -0.3 is 14.9 Å². The first-order valence-electron chi connectivity index (χ1n) is 6.02. The van der Waals surface area contributed by atoms with Gasteiger partial charge in [0.15, 0.2) is 17.5 Å². The van der Waals surface area contributed by atoms with Crippen LogP contribution in [0, 0.1) is 17.5 Å². The maximum atomic E-state index is 13.1. The van der Waals surface area contributed by atoms with Gasteiger partial charge >= 0.3 is 5.97 Å². The van der Waals surface area contributed by atoms with Crippen molar-refractivity contribution in [3.8, 4) is 0 Å². The molecule has 0 bridgehead atoms. The van der Waals surface area contributed by atoms with Crippen molar-refractivity contribution in [2.75, 3.05) is 33.7 Å². The molecule has 116 valence electrons. The Bertz CT molecular complexity index is 526. The SMILES string of the molecule is CN(C)CCN(CC(=O)O)C(=O)c1cc(F)c(F)c(F)c1. The molecule has 0 spiro atoms. The highest BCUT2D eigenvalue weighted by Crippen LogP contribution is 2.15. The number of benzene rings is 1. The van der Waals surface area contributed by atoms with Gasteiger partial charge in [-0.2, -0.15) is 0 Å². The summed E-state index contributed by atoms with van der Waals surface area (Å²) in [4.78, 5) is 25.5. The Labute approximate surface area is 119 Å². The lowest BCUT2D eigenvalue weighted by molar-refractivity contribution is -0.137. The summed E-state index contributed by atoms with van der Waals surface area (Å²) in [7, 11) is 3.45. The predicted molar refractivity (Wildman–Crippen MR) is 68.4 cm³/mol. The molecule has 0 heterocycles. The van der Waals surface area contributed by atoms with E-state index in [1.54, 1.807) is 19.0 Å². The summed E-state index contributed by atoms with van der Waals surface area (Å²) in [5.41, 5.74) is -0.439. The minimum absolute atomic E-state index is 0.0543. The Morgan fingerprint density at radius 2 is 1.62 bits per heavy atom. The summed E-state index contributed by atoms with van der Waals surface area (Å²) in [5, 5.41) is 8.78. The molecule has 0 aromatic heterocycles. The molecule has 8 heteroatoms. The summed E-state index contributed by atoms with van der Waals surface area (Å²) < 4.78 is 39.1. The molecule has 1 aromatic carbocycles. The summed E-state index contributed by atoms with van der Waals surface area (Å²) in [6.45, 7) is -0.197. The van der Waals surface area contributed by atoms with Crippen LogP contribution in [0.5, 0.6) is 0 Å². The number of likely N-dealkylation sites (N-methyl/N-ethyl adjacent to an activating group) is 1. The van der Waals surface area contributed by atoms with Crippen molar-refractivity contribution in [3.05, 3.63) is 35.1 Å². The second kappa shape index (κ2) is 7.07. The fraction of sp³-hybridized carbons (Fsp3) is 0.385. The summed E-state index contributed by atoms with van der Waals surface area (Å²) >= 11 is 0. The highest BCUT2D eigenvalue weighted by Gasteiger charge is 2.21. The summed E-state index contributed by atoms with van der Waals surface area (Å²) in [5.74, 6) is -6.81. The summed E-state index contributed by atoms with van der Waals surface area (Å²) in [6, 6.07) is 1.09. The van der Waals surface area contributed by atoms with Gasteiger partial charge in [0.2, 0.25) is 0 Å². The molecular weight excluding hydrogens is 289 g/mol. The van der Waals surface area contributed by atoms with Gasteiger partial charge in [-0.25, -0.2) is 13.2 Å².